The molecule has 130 valence electrons. The van der Waals surface area contributed by atoms with Crippen LogP contribution in [0.15, 0.2) is 24.3 Å². The van der Waals surface area contributed by atoms with Crippen LogP contribution in [-0.2, 0) is 4.79 Å². The highest BCUT2D eigenvalue weighted by Gasteiger charge is 2.39. The highest BCUT2D eigenvalue weighted by atomic mass is 16.2. The van der Waals surface area contributed by atoms with Crippen LogP contribution in [0, 0.1) is 5.92 Å². The van der Waals surface area contributed by atoms with Gasteiger partial charge in [0.05, 0.1) is 6.54 Å². The fourth-order valence-electron chi connectivity index (χ4n) is 3.96. The van der Waals surface area contributed by atoms with Gasteiger partial charge in [0.25, 0.3) is 0 Å². The van der Waals surface area contributed by atoms with E-state index in [-0.39, 0.29) is 5.91 Å². The average Bonchev–Trinajstić information content (AvgIpc) is 3.51. The Kier molecular flexibility index (Phi) is 4.49. The van der Waals surface area contributed by atoms with Gasteiger partial charge in [-0.3, -0.25) is 9.69 Å². The second-order valence-electron chi connectivity index (χ2n) is 7.77. The summed E-state index contributed by atoms with van der Waals surface area (Å²) < 4.78 is 0. The van der Waals surface area contributed by atoms with Gasteiger partial charge in [-0.05, 0) is 75.6 Å². The van der Waals surface area contributed by atoms with Gasteiger partial charge in [0.15, 0.2) is 0 Å². The number of benzene rings is 1. The van der Waals surface area contributed by atoms with Gasteiger partial charge < -0.3 is 10.2 Å². The molecule has 0 bridgehead atoms. The predicted octanol–water partition coefficient (Wildman–Crippen LogP) is 3.49. The van der Waals surface area contributed by atoms with E-state index in [1.807, 2.05) is 12.1 Å². The molecule has 1 amide bonds. The third-order valence-electron chi connectivity index (χ3n) is 5.79. The van der Waals surface area contributed by atoms with Crippen LogP contribution in [0.2, 0.25) is 0 Å². The molecule has 1 saturated heterocycles. The molecule has 1 atom stereocenters. The zero-order chi connectivity index (χ0) is 16.5. The lowest BCUT2D eigenvalue weighted by Crippen LogP contribution is -2.42. The van der Waals surface area contributed by atoms with Crippen molar-refractivity contribution in [1.82, 2.24) is 4.90 Å². The molecule has 0 radical (unpaired) electrons. The van der Waals surface area contributed by atoms with Gasteiger partial charge in [0, 0.05) is 36.5 Å². The van der Waals surface area contributed by atoms with Crippen molar-refractivity contribution in [3.8, 4) is 0 Å². The predicted molar refractivity (Wildman–Crippen MR) is 98.4 cm³/mol. The first-order valence-corrected chi connectivity index (χ1v) is 9.61. The maximum atomic E-state index is 12.5. The minimum absolute atomic E-state index is 0.128. The van der Waals surface area contributed by atoms with Crippen molar-refractivity contribution in [2.75, 3.05) is 29.9 Å². The molecule has 1 N–H and O–H groups in total. The molecule has 4 heteroatoms. The van der Waals surface area contributed by atoms with Crippen LogP contribution in [0.5, 0.6) is 0 Å². The lowest BCUT2D eigenvalue weighted by Gasteiger charge is -2.28. The molecule has 2 saturated carbocycles. The fraction of sp³-hybridized carbons (Fsp3) is 0.650. The van der Waals surface area contributed by atoms with E-state index in [4.69, 9.17) is 0 Å². The minimum atomic E-state index is 0.128. The maximum absolute atomic E-state index is 12.5. The van der Waals surface area contributed by atoms with Crippen LogP contribution >= 0.6 is 0 Å². The van der Waals surface area contributed by atoms with E-state index < -0.39 is 0 Å². The van der Waals surface area contributed by atoms with E-state index >= 15 is 0 Å². The molecule has 1 aromatic rings. The van der Waals surface area contributed by atoms with Gasteiger partial charge >= 0.3 is 0 Å². The van der Waals surface area contributed by atoms with E-state index in [0.717, 1.165) is 24.7 Å². The van der Waals surface area contributed by atoms with Crippen LogP contribution in [0.3, 0.4) is 0 Å². The van der Waals surface area contributed by atoms with Crippen molar-refractivity contribution >= 4 is 17.3 Å². The Balaban J connectivity index is 1.33. The molecule has 3 aliphatic rings. The number of hydrogen-bond acceptors (Lipinski definition) is 3. The second-order valence-corrected chi connectivity index (χ2v) is 7.77. The van der Waals surface area contributed by atoms with E-state index in [1.165, 1.54) is 44.2 Å². The number of carbonyl (C=O) groups excluding carboxylic acids is 1. The Morgan fingerprint density at radius 3 is 2.42 bits per heavy atom. The standard InChI is InChI=1S/C20H29N3O/c1-15(16-4-5-16)23(19-10-11-19)14-20(24)21-17-6-8-18(9-7-17)22-12-2-3-13-22/h6-9,15-16,19H,2-5,10-14H2,1H3,(H,21,24). The van der Waals surface area contributed by atoms with Crippen LogP contribution in [0.1, 0.15) is 45.4 Å². The lowest BCUT2D eigenvalue weighted by atomic mass is 10.1. The van der Waals surface area contributed by atoms with Crippen LogP contribution in [-0.4, -0.2) is 42.5 Å². The summed E-state index contributed by atoms with van der Waals surface area (Å²) in [6.45, 7) is 5.15. The Hall–Kier alpha value is -1.55. The van der Waals surface area contributed by atoms with Crippen molar-refractivity contribution in [1.29, 1.82) is 0 Å². The molecule has 0 aromatic heterocycles. The van der Waals surface area contributed by atoms with Gasteiger partial charge in [-0.15, -0.1) is 0 Å². The number of nitrogens with zero attached hydrogens (tertiary/aromatic N) is 2. The van der Waals surface area contributed by atoms with E-state index in [9.17, 15) is 4.79 Å². The summed E-state index contributed by atoms with van der Waals surface area (Å²) in [5, 5.41) is 3.09. The van der Waals surface area contributed by atoms with Crippen molar-refractivity contribution in [3.05, 3.63) is 24.3 Å². The minimum Gasteiger partial charge on any atom is -0.372 e. The summed E-state index contributed by atoms with van der Waals surface area (Å²) in [5.41, 5.74) is 2.19. The number of carbonyl (C=O) groups is 1. The van der Waals surface area contributed by atoms with Gasteiger partial charge in [0.2, 0.25) is 5.91 Å². The third kappa shape index (κ3) is 3.75. The molecule has 24 heavy (non-hydrogen) atoms. The first-order chi connectivity index (χ1) is 11.7. The number of rotatable bonds is 7. The third-order valence-corrected chi connectivity index (χ3v) is 5.79. The molecule has 1 aliphatic heterocycles. The zero-order valence-corrected chi connectivity index (χ0v) is 14.7. The lowest BCUT2D eigenvalue weighted by molar-refractivity contribution is -0.118. The summed E-state index contributed by atoms with van der Waals surface area (Å²) in [4.78, 5) is 17.3. The largest absolute Gasteiger partial charge is 0.372 e. The molecule has 4 rings (SSSR count). The highest BCUT2D eigenvalue weighted by Crippen LogP contribution is 2.39. The molecular formula is C20H29N3O. The summed E-state index contributed by atoms with van der Waals surface area (Å²) >= 11 is 0. The monoisotopic (exact) mass is 327 g/mol. The summed E-state index contributed by atoms with van der Waals surface area (Å²) in [6.07, 6.45) is 7.76. The van der Waals surface area contributed by atoms with Gasteiger partial charge in [0.1, 0.15) is 0 Å². The summed E-state index contributed by atoms with van der Waals surface area (Å²) in [5.74, 6) is 0.946. The first-order valence-electron chi connectivity index (χ1n) is 9.61. The number of nitrogens with one attached hydrogen (secondary N) is 1. The van der Waals surface area contributed by atoms with Gasteiger partial charge in [-0.2, -0.15) is 0 Å². The number of anilines is 2. The molecule has 0 spiro atoms. The number of amides is 1. The van der Waals surface area contributed by atoms with Crippen molar-refractivity contribution in [3.63, 3.8) is 0 Å². The topological polar surface area (TPSA) is 35.6 Å². The molecule has 1 aromatic carbocycles. The number of hydrogen-bond donors (Lipinski definition) is 1. The first kappa shape index (κ1) is 15.9. The van der Waals surface area contributed by atoms with Crippen LogP contribution < -0.4 is 10.2 Å². The van der Waals surface area contributed by atoms with Gasteiger partial charge in [-0.1, -0.05) is 0 Å². The second kappa shape index (κ2) is 6.75. The maximum Gasteiger partial charge on any atom is 0.238 e. The molecule has 2 aliphatic carbocycles. The van der Waals surface area contributed by atoms with Crippen molar-refractivity contribution < 1.29 is 4.79 Å². The Labute approximate surface area is 145 Å². The summed E-state index contributed by atoms with van der Waals surface area (Å²) in [6, 6.07) is 9.54. The molecule has 3 fully saturated rings. The summed E-state index contributed by atoms with van der Waals surface area (Å²) in [7, 11) is 0. The molecular weight excluding hydrogens is 298 g/mol. The highest BCUT2D eigenvalue weighted by molar-refractivity contribution is 5.92. The smallest absolute Gasteiger partial charge is 0.238 e. The Morgan fingerprint density at radius 1 is 1.17 bits per heavy atom. The Morgan fingerprint density at radius 2 is 1.83 bits per heavy atom. The zero-order valence-electron chi connectivity index (χ0n) is 14.7. The van der Waals surface area contributed by atoms with Gasteiger partial charge in [-0.25, -0.2) is 0 Å². The quantitative estimate of drug-likeness (QED) is 0.833. The van der Waals surface area contributed by atoms with Crippen LogP contribution in [0.25, 0.3) is 0 Å². The molecule has 4 nitrogen and oxygen atoms in total. The van der Waals surface area contributed by atoms with E-state index in [2.05, 4.69) is 34.2 Å². The fourth-order valence-corrected chi connectivity index (χ4v) is 3.96. The van der Waals surface area contributed by atoms with Crippen LogP contribution in [0.4, 0.5) is 11.4 Å². The van der Waals surface area contributed by atoms with E-state index in [0.29, 0.717) is 18.6 Å². The SMILES string of the molecule is CC(C1CC1)N(CC(=O)Nc1ccc(N2CCCC2)cc1)C1CC1. The Bertz CT molecular complexity index is 571. The normalized spacial score (nSPS) is 22.0. The van der Waals surface area contributed by atoms with Crippen molar-refractivity contribution in [2.45, 2.75) is 57.5 Å². The van der Waals surface area contributed by atoms with Crippen molar-refractivity contribution in [2.24, 2.45) is 5.92 Å². The molecule has 1 unspecified atom stereocenters. The average molecular weight is 327 g/mol. The molecule has 1 heterocycles. The van der Waals surface area contributed by atoms with E-state index in [1.54, 1.807) is 0 Å².